The summed E-state index contributed by atoms with van der Waals surface area (Å²) in [7, 11) is -2.45. The summed E-state index contributed by atoms with van der Waals surface area (Å²) in [6.45, 7) is 2.94. The molecule has 0 aliphatic carbocycles. The van der Waals surface area contributed by atoms with Crippen LogP contribution in [0.2, 0.25) is 0 Å². The van der Waals surface area contributed by atoms with Gasteiger partial charge >= 0.3 is 0 Å². The summed E-state index contributed by atoms with van der Waals surface area (Å²) < 4.78 is 45.6. The average Bonchev–Trinajstić information content (AvgIpc) is 3.13. The van der Waals surface area contributed by atoms with Crippen molar-refractivity contribution in [2.45, 2.75) is 37.1 Å². The summed E-state index contributed by atoms with van der Waals surface area (Å²) in [5, 5.41) is 2.63. The Balaban J connectivity index is 1.70. The Morgan fingerprint density at radius 2 is 1.87 bits per heavy atom. The molecule has 2 aliphatic heterocycles. The zero-order chi connectivity index (χ0) is 22.0. The highest BCUT2D eigenvalue weighted by Crippen LogP contribution is 2.42. The van der Waals surface area contributed by atoms with E-state index < -0.39 is 10.0 Å². The number of carbonyl (C=O) groups is 1. The Morgan fingerprint density at radius 3 is 2.61 bits per heavy atom. The molecule has 0 aromatic heterocycles. The predicted octanol–water partition coefficient (Wildman–Crippen LogP) is 3.34. The van der Waals surface area contributed by atoms with Gasteiger partial charge in [-0.25, -0.2) is 8.42 Å². The third-order valence-electron chi connectivity index (χ3n) is 5.43. The van der Waals surface area contributed by atoms with Crippen molar-refractivity contribution in [1.82, 2.24) is 4.31 Å². The van der Waals surface area contributed by atoms with Crippen LogP contribution in [0.4, 0.5) is 5.69 Å². The van der Waals surface area contributed by atoms with E-state index in [0.717, 1.165) is 18.4 Å². The number of ether oxygens (including phenoxy) is 3. The molecule has 0 saturated carbocycles. The quantitative estimate of drug-likeness (QED) is 0.757. The number of sulfonamides is 1. The number of hydrogen-bond acceptors (Lipinski definition) is 6. The largest absolute Gasteiger partial charge is 0.495 e. The van der Waals surface area contributed by atoms with Crippen LogP contribution in [0.25, 0.3) is 0 Å². The lowest BCUT2D eigenvalue weighted by Gasteiger charge is -2.26. The highest BCUT2D eigenvalue weighted by atomic mass is 32.2. The second kappa shape index (κ2) is 8.76. The molecular formula is C22H26N2O6S. The van der Waals surface area contributed by atoms with E-state index in [4.69, 9.17) is 14.2 Å². The van der Waals surface area contributed by atoms with Crippen LogP contribution in [0.5, 0.6) is 17.2 Å². The van der Waals surface area contributed by atoms with Crippen molar-refractivity contribution in [3.05, 3.63) is 42.0 Å². The molecule has 0 radical (unpaired) electrons. The highest BCUT2D eigenvalue weighted by molar-refractivity contribution is 7.89. The summed E-state index contributed by atoms with van der Waals surface area (Å²) in [6, 6.07) is 9.91. The van der Waals surface area contributed by atoms with Crippen LogP contribution < -0.4 is 19.5 Å². The van der Waals surface area contributed by atoms with E-state index in [2.05, 4.69) is 5.32 Å². The number of rotatable bonds is 5. The topological polar surface area (TPSA) is 94.2 Å². The first kappa shape index (κ1) is 21.5. The molecule has 31 heavy (non-hydrogen) atoms. The van der Waals surface area contributed by atoms with Gasteiger partial charge in [0.1, 0.15) is 10.6 Å². The summed E-state index contributed by atoms with van der Waals surface area (Å²) in [6.07, 6.45) is 2.25. The molecule has 4 rings (SSSR count). The average molecular weight is 447 g/mol. The Kier molecular flexibility index (Phi) is 6.06. The van der Waals surface area contributed by atoms with Gasteiger partial charge in [0.15, 0.2) is 11.5 Å². The van der Waals surface area contributed by atoms with Gasteiger partial charge in [0.2, 0.25) is 15.9 Å². The monoisotopic (exact) mass is 446 g/mol. The Morgan fingerprint density at radius 1 is 1.10 bits per heavy atom. The molecule has 0 unspecified atom stereocenters. The molecule has 2 aliphatic rings. The van der Waals surface area contributed by atoms with Crippen molar-refractivity contribution < 1.29 is 27.4 Å². The zero-order valence-corrected chi connectivity index (χ0v) is 18.4. The molecule has 1 saturated heterocycles. The van der Waals surface area contributed by atoms with Gasteiger partial charge in [-0.3, -0.25) is 4.79 Å². The van der Waals surface area contributed by atoms with Crippen LogP contribution in [-0.4, -0.2) is 45.5 Å². The molecule has 1 atom stereocenters. The maximum absolute atomic E-state index is 13.7. The summed E-state index contributed by atoms with van der Waals surface area (Å²) >= 11 is 0. The first-order valence-corrected chi connectivity index (χ1v) is 11.7. The minimum absolute atomic E-state index is 0.0301. The molecule has 2 aromatic carbocycles. The molecule has 2 heterocycles. The van der Waals surface area contributed by atoms with Gasteiger partial charge < -0.3 is 19.5 Å². The second-order valence-electron chi connectivity index (χ2n) is 7.58. The molecule has 1 N–H and O–H groups in total. The van der Waals surface area contributed by atoms with Gasteiger partial charge in [-0.05, 0) is 48.7 Å². The van der Waals surface area contributed by atoms with Crippen LogP contribution in [-0.2, 0) is 14.8 Å². The Labute approximate surface area is 182 Å². The van der Waals surface area contributed by atoms with E-state index in [1.165, 1.54) is 24.4 Å². The maximum atomic E-state index is 13.7. The smallest absolute Gasteiger partial charge is 0.247 e. The number of anilines is 1. The van der Waals surface area contributed by atoms with Crippen LogP contribution in [0.15, 0.2) is 41.3 Å². The summed E-state index contributed by atoms with van der Waals surface area (Å²) in [5.74, 6) is 1.28. The van der Waals surface area contributed by atoms with Crippen molar-refractivity contribution >= 4 is 21.6 Å². The van der Waals surface area contributed by atoms with Crippen molar-refractivity contribution in [2.24, 2.45) is 0 Å². The molecule has 9 heteroatoms. The highest BCUT2D eigenvalue weighted by Gasteiger charge is 2.38. The number of amides is 1. The van der Waals surface area contributed by atoms with Crippen LogP contribution in [0, 0.1) is 0 Å². The fourth-order valence-corrected chi connectivity index (χ4v) is 5.90. The maximum Gasteiger partial charge on any atom is 0.247 e. The predicted molar refractivity (Wildman–Crippen MR) is 115 cm³/mol. The Hall–Kier alpha value is -2.78. The van der Waals surface area contributed by atoms with Gasteiger partial charge in [0.05, 0.1) is 26.4 Å². The van der Waals surface area contributed by atoms with Crippen LogP contribution in [0.3, 0.4) is 0 Å². The van der Waals surface area contributed by atoms with Gasteiger partial charge in [-0.1, -0.05) is 6.07 Å². The lowest BCUT2D eigenvalue weighted by molar-refractivity contribution is -0.114. The van der Waals surface area contributed by atoms with Gasteiger partial charge in [-0.2, -0.15) is 4.31 Å². The first-order valence-electron chi connectivity index (χ1n) is 10.3. The van der Waals surface area contributed by atoms with Crippen LogP contribution in [0.1, 0.15) is 37.8 Å². The minimum Gasteiger partial charge on any atom is -0.495 e. The Bertz CT molecular complexity index is 1090. The normalized spacial score (nSPS) is 19.0. The second-order valence-corrected chi connectivity index (χ2v) is 9.44. The number of methoxy groups -OCH3 is 1. The van der Waals surface area contributed by atoms with Crippen molar-refractivity contribution in [1.29, 1.82) is 0 Å². The fraction of sp³-hybridized carbons (Fsp3) is 0.409. The van der Waals surface area contributed by atoms with E-state index >= 15 is 0 Å². The van der Waals surface area contributed by atoms with Gasteiger partial charge in [0, 0.05) is 25.6 Å². The fourth-order valence-electron chi connectivity index (χ4n) is 4.03. The molecular weight excluding hydrogens is 420 g/mol. The van der Waals surface area contributed by atoms with E-state index in [9.17, 15) is 13.2 Å². The lowest BCUT2D eigenvalue weighted by atomic mass is 10.0. The van der Waals surface area contributed by atoms with E-state index in [-0.39, 0.29) is 22.6 Å². The molecule has 166 valence electrons. The third kappa shape index (κ3) is 4.33. The van der Waals surface area contributed by atoms with Crippen molar-refractivity contribution in [3.63, 3.8) is 0 Å². The van der Waals surface area contributed by atoms with Crippen molar-refractivity contribution in [3.8, 4) is 17.2 Å². The number of fused-ring (bicyclic) bond motifs is 1. The molecule has 1 amide bonds. The number of carbonyl (C=O) groups excluding carboxylic acids is 1. The van der Waals surface area contributed by atoms with Crippen molar-refractivity contribution in [2.75, 3.05) is 32.2 Å². The molecule has 0 bridgehead atoms. The zero-order valence-electron chi connectivity index (χ0n) is 17.6. The number of nitrogens with one attached hydrogen (secondary N) is 1. The van der Waals surface area contributed by atoms with Gasteiger partial charge in [-0.15, -0.1) is 0 Å². The molecule has 2 aromatic rings. The molecule has 8 nitrogen and oxygen atoms in total. The number of nitrogens with zero attached hydrogens (tertiary/aromatic N) is 1. The van der Waals surface area contributed by atoms with Crippen LogP contribution >= 0.6 is 0 Å². The summed E-state index contributed by atoms with van der Waals surface area (Å²) in [4.78, 5) is 11.5. The van der Waals surface area contributed by atoms with E-state index in [1.807, 2.05) is 18.2 Å². The van der Waals surface area contributed by atoms with E-state index in [1.54, 1.807) is 12.1 Å². The SMILES string of the molecule is COc1ccc(NC(C)=O)cc1S(=O)(=O)N1CCC[C@@H]1c1ccc2c(c1)OCCCO2. The molecule has 0 spiro atoms. The number of hydrogen-bond donors (Lipinski definition) is 1. The molecule has 1 fully saturated rings. The van der Waals surface area contributed by atoms with Gasteiger partial charge in [0.25, 0.3) is 0 Å². The number of benzene rings is 2. The lowest BCUT2D eigenvalue weighted by Crippen LogP contribution is -2.31. The third-order valence-corrected chi connectivity index (χ3v) is 7.36. The first-order chi connectivity index (χ1) is 14.9. The summed E-state index contributed by atoms with van der Waals surface area (Å²) in [5.41, 5.74) is 1.26. The van der Waals surface area contributed by atoms with E-state index in [0.29, 0.717) is 43.4 Å². The standard InChI is InChI=1S/C22H26N2O6S/c1-15(25)23-17-7-9-20(28-2)22(14-17)31(26,27)24-10-3-5-18(24)16-6-8-19-21(13-16)30-12-4-11-29-19/h6-9,13-14,18H,3-5,10-12H2,1-2H3,(H,23,25)/t18-/m1/s1. The minimum atomic E-state index is -3.88.